The van der Waals surface area contributed by atoms with Gasteiger partial charge in [0, 0.05) is 19.3 Å². The summed E-state index contributed by atoms with van der Waals surface area (Å²) < 4.78 is 0. The molecule has 78 valence electrons. The maximum atomic E-state index is 5.70. The number of aromatic nitrogens is 1. The SMILES string of the molecule is Clc1ccc(CNCc2ccsc2)cn1. The number of thiophene rings is 1. The molecule has 0 unspecified atom stereocenters. The highest BCUT2D eigenvalue weighted by Crippen LogP contribution is 2.07. The van der Waals surface area contributed by atoms with Crippen molar-refractivity contribution in [1.82, 2.24) is 10.3 Å². The van der Waals surface area contributed by atoms with Crippen molar-refractivity contribution in [1.29, 1.82) is 0 Å². The molecule has 2 aromatic heterocycles. The second kappa shape index (κ2) is 5.26. The smallest absolute Gasteiger partial charge is 0.129 e. The summed E-state index contributed by atoms with van der Waals surface area (Å²) in [6.07, 6.45) is 1.79. The van der Waals surface area contributed by atoms with Crippen LogP contribution in [0.5, 0.6) is 0 Å². The van der Waals surface area contributed by atoms with Crippen LogP contribution >= 0.6 is 22.9 Å². The molecule has 0 fully saturated rings. The zero-order valence-electron chi connectivity index (χ0n) is 8.11. The van der Waals surface area contributed by atoms with Gasteiger partial charge in [0.15, 0.2) is 0 Å². The van der Waals surface area contributed by atoms with Gasteiger partial charge in [-0.2, -0.15) is 11.3 Å². The third-order valence-corrected chi connectivity index (χ3v) is 2.98. The van der Waals surface area contributed by atoms with Gasteiger partial charge in [-0.3, -0.25) is 0 Å². The minimum atomic E-state index is 0.539. The van der Waals surface area contributed by atoms with Crippen LogP contribution in [-0.4, -0.2) is 4.98 Å². The molecule has 2 heterocycles. The lowest BCUT2D eigenvalue weighted by atomic mass is 10.3. The Bertz CT molecular complexity index is 397. The van der Waals surface area contributed by atoms with E-state index in [1.54, 1.807) is 17.5 Å². The molecule has 15 heavy (non-hydrogen) atoms. The van der Waals surface area contributed by atoms with Crippen LogP contribution in [-0.2, 0) is 13.1 Å². The zero-order valence-corrected chi connectivity index (χ0v) is 9.68. The Morgan fingerprint density at radius 3 is 2.73 bits per heavy atom. The summed E-state index contributed by atoms with van der Waals surface area (Å²) in [6.45, 7) is 1.71. The largest absolute Gasteiger partial charge is 0.309 e. The number of hydrogen-bond acceptors (Lipinski definition) is 3. The first-order valence-corrected chi connectivity index (χ1v) is 5.99. The van der Waals surface area contributed by atoms with Crippen molar-refractivity contribution in [2.24, 2.45) is 0 Å². The molecule has 2 rings (SSSR count). The predicted octanol–water partition coefficient (Wildman–Crippen LogP) is 3.09. The quantitative estimate of drug-likeness (QED) is 0.828. The molecular weight excluding hydrogens is 228 g/mol. The van der Waals surface area contributed by atoms with Gasteiger partial charge in [0.25, 0.3) is 0 Å². The number of rotatable bonds is 4. The van der Waals surface area contributed by atoms with Crippen molar-refractivity contribution in [3.05, 3.63) is 51.4 Å². The summed E-state index contributed by atoms with van der Waals surface area (Å²) in [5.41, 5.74) is 2.47. The van der Waals surface area contributed by atoms with Gasteiger partial charge < -0.3 is 5.32 Å². The monoisotopic (exact) mass is 238 g/mol. The molecule has 0 aliphatic rings. The molecule has 1 N–H and O–H groups in total. The number of nitrogens with zero attached hydrogens (tertiary/aromatic N) is 1. The first-order valence-electron chi connectivity index (χ1n) is 4.67. The number of hydrogen-bond donors (Lipinski definition) is 1. The lowest BCUT2D eigenvalue weighted by Gasteiger charge is -2.02. The standard InChI is InChI=1S/C11H11ClN2S/c12-11-2-1-9(7-14-11)5-13-6-10-3-4-15-8-10/h1-4,7-8,13H,5-6H2. The second-order valence-electron chi connectivity index (χ2n) is 3.22. The van der Waals surface area contributed by atoms with E-state index in [-0.39, 0.29) is 0 Å². The van der Waals surface area contributed by atoms with Crippen molar-refractivity contribution in [2.75, 3.05) is 0 Å². The summed E-state index contributed by atoms with van der Waals surface area (Å²) >= 11 is 7.41. The van der Waals surface area contributed by atoms with Gasteiger partial charge in [0.05, 0.1) is 0 Å². The van der Waals surface area contributed by atoms with Gasteiger partial charge in [0.2, 0.25) is 0 Å². The van der Waals surface area contributed by atoms with E-state index in [1.807, 2.05) is 12.1 Å². The molecule has 0 bridgehead atoms. The van der Waals surface area contributed by atoms with E-state index in [4.69, 9.17) is 11.6 Å². The van der Waals surface area contributed by atoms with Crippen LogP contribution in [0.3, 0.4) is 0 Å². The van der Waals surface area contributed by atoms with Crippen molar-refractivity contribution in [2.45, 2.75) is 13.1 Å². The summed E-state index contributed by atoms with van der Waals surface area (Å²) in [5.74, 6) is 0. The summed E-state index contributed by atoms with van der Waals surface area (Å²) in [5, 5.41) is 8.12. The zero-order chi connectivity index (χ0) is 10.5. The van der Waals surface area contributed by atoms with E-state index < -0.39 is 0 Å². The molecular formula is C11H11ClN2S. The van der Waals surface area contributed by atoms with Gasteiger partial charge in [-0.25, -0.2) is 4.98 Å². The Labute approximate surface area is 97.9 Å². The molecule has 0 aliphatic carbocycles. The average Bonchev–Trinajstić information content (AvgIpc) is 2.74. The normalized spacial score (nSPS) is 10.5. The Kier molecular flexibility index (Phi) is 3.72. The molecule has 0 aliphatic heterocycles. The number of nitrogens with one attached hydrogen (secondary N) is 1. The minimum absolute atomic E-state index is 0.539. The Morgan fingerprint density at radius 2 is 2.07 bits per heavy atom. The number of pyridine rings is 1. The van der Waals surface area contributed by atoms with Crippen LogP contribution in [0.25, 0.3) is 0 Å². The average molecular weight is 239 g/mol. The first kappa shape index (κ1) is 10.6. The van der Waals surface area contributed by atoms with Crippen LogP contribution in [0.4, 0.5) is 0 Å². The molecule has 0 saturated carbocycles. The van der Waals surface area contributed by atoms with E-state index in [9.17, 15) is 0 Å². The van der Waals surface area contributed by atoms with Crippen molar-refractivity contribution in [3.63, 3.8) is 0 Å². The molecule has 2 aromatic rings. The highest BCUT2D eigenvalue weighted by molar-refractivity contribution is 7.07. The Morgan fingerprint density at radius 1 is 1.20 bits per heavy atom. The fraction of sp³-hybridized carbons (Fsp3) is 0.182. The molecule has 4 heteroatoms. The number of halogens is 1. The van der Waals surface area contributed by atoms with Gasteiger partial charge in [-0.05, 0) is 34.0 Å². The molecule has 0 saturated heterocycles. The Hall–Kier alpha value is -0.900. The van der Waals surface area contributed by atoms with E-state index in [0.717, 1.165) is 18.7 Å². The maximum Gasteiger partial charge on any atom is 0.129 e. The predicted molar refractivity (Wildman–Crippen MR) is 64.1 cm³/mol. The van der Waals surface area contributed by atoms with Gasteiger partial charge >= 0.3 is 0 Å². The fourth-order valence-electron chi connectivity index (χ4n) is 1.26. The molecule has 0 amide bonds. The molecule has 0 atom stereocenters. The van der Waals surface area contributed by atoms with Crippen LogP contribution in [0, 0.1) is 0 Å². The van der Waals surface area contributed by atoms with Crippen LogP contribution in [0.15, 0.2) is 35.2 Å². The van der Waals surface area contributed by atoms with E-state index >= 15 is 0 Å². The summed E-state index contributed by atoms with van der Waals surface area (Å²) in [4.78, 5) is 4.02. The minimum Gasteiger partial charge on any atom is -0.309 e. The third kappa shape index (κ3) is 3.30. The van der Waals surface area contributed by atoms with Crippen molar-refractivity contribution in [3.8, 4) is 0 Å². The highest BCUT2D eigenvalue weighted by atomic mass is 35.5. The van der Waals surface area contributed by atoms with E-state index in [1.165, 1.54) is 5.56 Å². The third-order valence-electron chi connectivity index (χ3n) is 2.03. The summed E-state index contributed by atoms with van der Waals surface area (Å²) in [6, 6.07) is 5.91. The van der Waals surface area contributed by atoms with Gasteiger partial charge in [-0.1, -0.05) is 17.7 Å². The molecule has 2 nitrogen and oxygen atoms in total. The Balaban J connectivity index is 1.81. The molecule has 0 spiro atoms. The first-order chi connectivity index (χ1) is 7.34. The second-order valence-corrected chi connectivity index (χ2v) is 4.39. The molecule has 0 radical (unpaired) electrons. The van der Waals surface area contributed by atoms with E-state index in [0.29, 0.717) is 5.15 Å². The van der Waals surface area contributed by atoms with E-state index in [2.05, 4.69) is 27.1 Å². The maximum absolute atomic E-state index is 5.70. The summed E-state index contributed by atoms with van der Waals surface area (Å²) in [7, 11) is 0. The van der Waals surface area contributed by atoms with Crippen LogP contribution in [0.1, 0.15) is 11.1 Å². The van der Waals surface area contributed by atoms with Gasteiger partial charge in [-0.15, -0.1) is 0 Å². The molecule has 0 aromatic carbocycles. The van der Waals surface area contributed by atoms with Crippen LogP contribution < -0.4 is 5.32 Å². The van der Waals surface area contributed by atoms with Crippen LogP contribution in [0.2, 0.25) is 5.15 Å². The topological polar surface area (TPSA) is 24.9 Å². The lowest BCUT2D eigenvalue weighted by molar-refractivity contribution is 0.693. The van der Waals surface area contributed by atoms with Crippen molar-refractivity contribution < 1.29 is 0 Å². The van der Waals surface area contributed by atoms with Crippen molar-refractivity contribution >= 4 is 22.9 Å². The fourth-order valence-corrected chi connectivity index (χ4v) is 2.04. The highest BCUT2D eigenvalue weighted by Gasteiger charge is 1.95. The lowest BCUT2D eigenvalue weighted by Crippen LogP contribution is -2.12. The van der Waals surface area contributed by atoms with Gasteiger partial charge in [0.1, 0.15) is 5.15 Å².